The van der Waals surface area contributed by atoms with E-state index in [1.165, 1.54) is 30.7 Å². The molecular weight excluding hydrogens is 491 g/mol. The Labute approximate surface area is 195 Å². The van der Waals surface area contributed by atoms with Crippen molar-refractivity contribution in [3.05, 3.63) is 53.1 Å². The molecule has 2 heterocycles. The summed E-state index contributed by atoms with van der Waals surface area (Å²) >= 11 is 0. The third-order valence-electron chi connectivity index (χ3n) is 4.70. The minimum atomic E-state index is -5.08. The van der Waals surface area contributed by atoms with Crippen molar-refractivity contribution < 1.29 is 50.5 Å². The molecular formula is C21H24F7N3O4. The summed E-state index contributed by atoms with van der Waals surface area (Å²) in [4.78, 5) is 17.8. The van der Waals surface area contributed by atoms with Gasteiger partial charge in [0.2, 0.25) is 0 Å². The third kappa shape index (κ3) is 10.8. The van der Waals surface area contributed by atoms with Gasteiger partial charge < -0.3 is 15.5 Å². The highest BCUT2D eigenvalue weighted by Crippen LogP contribution is 2.26. The van der Waals surface area contributed by atoms with Crippen LogP contribution in [0.15, 0.2) is 30.3 Å². The lowest BCUT2D eigenvalue weighted by Gasteiger charge is -2.23. The maximum atomic E-state index is 13.0. The van der Waals surface area contributed by atoms with Crippen molar-refractivity contribution in [1.29, 1.82) is 0 Å². The van der Waals surface area contributed by atoms with Crippen molar-refractivity contribution in [2.24, 2.45) is 0 Å². The van der Waals surface area contributed by atoms with Gasteiger partial charge in [0.05, 0.1) is 5.69 Å². The molecule has 0 saturated carbocycles. The maximum absolute atomic E-state index is 13.0. The van der Waals surface area contributed by atoms with Crippen LogP contribution in [0.3, 0.4) is 0 Å². The molecule has 0 atom stereocenters. The Hall–Kier alpha value is -3.16. The first kappa shape index (κ1) is 29.9. The second-order valence-corrected chi connectivity index (χ2v) is 7.31. The number of benzene rings is 1. The van der Waals surface area contributed by atoms with E-state index in [1.807, 2.05) is 12.1 Å². The van der Waals surface area contributed by atoms with Crippen LogP contribution in [0.1, 0.15) is 42.6 Å². The number of piperidine rings is 1. The van der Waals surface area contributed by atoms with Crippen LogP contribution >= 0.6 is 0 Å². The van der Waals surface area contributed by atoms with Gasteiger partial charge >= 0.3 is 24.3 Å². The molecule has 1 aromatic heterocycles. The van der Waals surface area contributed by atoms with Crippen LogP contribution < -0.4 is 5.32 Å². The highest BCUT2D eigenvalue weighted by Gasteiger charge is 2.38. The SMILES string of the molecule is CCn1nc(Cc2ccc(F)cc2)cc1C1CCNCC1.O=C(O)C(F)(F)F.O=C(O)C(F)(F)F. The number of aryl methyl sites for hydroxylation is 1. The van der Waals surface area contributed by atoms with E-state index in [-0.39, 0.29) is 5.82 Å². The number of halogens is 7. The van der Waals surface area contributed by atoms with Crippen LogP contribution in [0.5, 0.6) is 0 Å². The van der Waals surface area contributed by atoms with E-state index in [1.54, 1.807) is 0 Å². The number of alkyl halides is 6. The van der Waals surface area contributed by atoms with E-state index in [2.05, 4.69) is 23.0 Å². The number of hydrogen-bond donors (Lipinski definition) is 3. The summed E-state index contributed by atoms with van der Waals surface area (Å²) in [5, 5.41) is 22.4. The minimum absolute atomic E-state index is 0.187. The fourth-order valence-corrected chi connectivity index (χ4v) is 3.08. The monoisotopic (exact) mass is 515 g/mol. The van der Waals surface area contributed by atoms with Gasteiger partial charge in [0.1, 0.15) is 5.82 Å². The van der Waals surface area contributed by atoms with Crippen molar-refractivity contribution in [2.45, 2.75) is 51.0 Å². The topological polar surface area (TPSA) is 104 Å². The van der Waals surface area contributed by atoms with E-state index in [9.17, 15) is 30.7 Å². The molecule has 3 rings (SSSR count). The lowest BCUT2D eigenvalue weighted by atomic mass is 9.94. The molecule has 1 saturated heterocycles. The summed E-state index contributed by atoms with van der Waals surface area (Å²) in [5.41, 5.74) is 3.54. The fourth-order valence-electron chi connectivity index (χ4n) is 3.08. The largest absolute Gasteiger partial charge is 0.490 e. The van der Waals surface area contributed by atoms with Crippen LogP contribution in [-0.2, 0) is 22.6 Å². The molecule has 3 N–H and O–H groups in total. The Morgan fingerprint density at radius 2 is 1.46 bits per heavy atom. The molecule has 14 heteroatoms. The second kappa shape index (κ2) is 13.1. The molecule has 2 aromatic rings. The van der Waals surface area contributed by atoms with Gasteiger partial charge in [0.15, 0.2) is 0 Å². The molecule has 0 radical (unpaired) electrons. The molecule has 0 unspecified atom stereocenters. The van der Waals surface area contributed by atoms with Crippen molar-refractivity contribution >= 4 is 11.9 Å². The van der Waals surface area contributed by atoms with Gasteiger partial charge in [0.25, 0.3) is 0 Å². The molecule has 35 heavy (non-hydrogen) atoms. The Kier molecular flexibility index (Phi) is 11.2. The highest BCUT2D eigenvalue weighted by atomic mass is 19.4. The zero-order valence-corrected chi connectivity index (χ0v) is 18.5. The van der Waals surface area contributed by atoms with Gasteiger partial charge in [-0.2, -0.15) is 31.4 Å². The van der Waals surface area contributed by atoms with Gasteiger partial charge in [-0.1, -0.05) is 12.1 Å². The lowest BCUT2D eigenvalue weighted by Crippen LogP contribution is -2.27. The second-order valence-electron chi connectivity index (χ2n) is 7.31. The predicted molar refractivity (Wildman–Crippen MR) is 109 cm³/mol. The molecule has 0 aliphatic carbocycles. The summed E-state index contributed by atoms with van der Waals surface area (Å²) < 4.78 is 78.6. The molecule has 7 nitrogen and oxygen atoms in total. The maximum Gasteiger partial charge on any atom is 0.490 e. The van der Waals surface area contributed by atoms with Crippen LogP contribution in [-0.4, -0.2) is 57.4 Å². The molecule has 1 aliphatic heterocycles. The summed E-state index contributed by atoms with van der Waals surface area (Å²) in [5.74, 6) is -5.09. The zero-order valence-electron chi connectivity index (χ0n) is 18.5. The smallest absolute Gasteiger partial charge is 0.475 e. The molecule has 0 amide bonds. The van der Waals surface area contributed by atoms with Crippen LogP contribution in [0.2, 0.25) is 0 Å². The van der Waals surface area contributed by atoms with E-state index < -0.39 is 24.3 Å². The first-order valence-electron chi connectivity index (χ1n) is 10.3. The van der Waals surface area contributed by atoms with Crippen LogP contribution in [0, 0.1) is 5.82 Å². The van der Waals surface area contributed by atoms with Crippen molar-refractivity contribution in [1.82, 2.24) is 15.1 Å². The molecule has 0 spiro atoms. The number of nitrogens with one attached hydrogen (secondary N) is 1. The molecule has 1 aliphatic rings. The number of carboxylic acids is 2. The van der Waals surface area contributed by atoms with E-state index in [4.69, 9.17) is 24.9 Å². The first-order valence-corrected chi connectivity index (χ1v) is 10.3. The number of aromatic nitrogens is 2. The predicted octanol–water partition coefficient (Wildman–Crippen LogP) is 4.37. The highest BCUT2D eigenvalue weighted by molar-refractivity contribution is 5.73. The normalized spacial score (nSPS) is 14.3. The summed E-state index contributed by atoms with van der Waals surface area (Å²) in [7, 11) is 0. The fraction of sp³-hybridized carbons (Fsp3) is 0.476. The van der Waals surface area contributed by atoms with Gasteiger partial charge in [-0.05, 0) is 56.6 Å². The third-order valence-corrected chi connectivity index (χ3v) is 4.70. The van der Waals surface area contributed by atoms with Gasteiger partial charge in [0, 0.05) is 24.6 Å². The Bertz CT molecular complexity index is 927. The van der Waals surface area contributed by atoms with E-state index >= 15 is 0 Å². The molecule has 1 fully saturated rings. The lowest BCUT2D eigenvalue weighted by molar-refractivity contribution is -0.193. The number of aliphatic carboxylic acids is 2. The number of carbonyl (C=O) groups is 2. The average molecular weight is 515 g/mol. The zero-order chi connectivity index (χ0) is 26.8. The Morgan fingerprint density at radius 1 is 1.00 bits per heavy atom. The van der Waals surface area contributed by atoms with Gasteiger partial charge in [-0.25, -0.2) is 14.0 Å². The summed E-state index contributed by atoms with van der Waals surface area (Å²) in [6, 6.07) is 8.94. The summed E-state index contributed by atoms with van der Waals surface area (Å²) in [6.45, 7) is 5.22. The Balaban J connectivity index is 0.000000362. The van der Waals surface area contributed by atoms with Crippen molar-refractivity contribution in [3.8, 4) is 0 Å². The number of rotatable bonds is 4. The van der Waals surface area contributed by atoms with Crippen LogP contribution in [0.25, 0.3) is 0 Å². The van der Waals surface area contributed by atoms with Crippen LogP contribution in [0.4, 0.5) is 30.7 Å². The number of hydrogen-bond acceptors (Lipinski definition) is 4. The molecule has 196 valence electrons. The van der Waals surface area contributed by atoms with E-state index in [0.29, 0.717) is 5.92 Å². The quantitative estimate of drug-likeness (QED) is 0.523. The minimum Gasteiger partial charge on any atom is -0.475 e. The standard InChI is InChI=1S/C17H22FN3.2C2HF3O2/c1-2-21-17(14-7-9-19-10-8-14)12-16(20-21)11-13-3-5-15(18)6-4-13;2*3-2(4,5)1(6)7/h3-6,12,14,19H,2,7-11H2,1H3;2*(H,6,7). The van der Waals surface area contributed by atoms with Gasteiger partial charge in [-0.3, -0.25) is 4.68 Å². The Morgan fingerprint density at radius 3 is 1.86 bits per heavy atom. The number of nitrogens with zero attached hydrogens (tertiary/aromatic N) is 2. The number of carboxylic acid groups (broad SMARTS) is 2. The molecule has 0 bridgehead atoms. The van der Waals surface area contributed by atoms with E-state index in [0.717, 1.165) is 37.3 Å². The first-order chi connectivity index (χ1) is 16.1. The van der Waals surface area contributed by atoms with Crippen molar-refractivity contribution in [3.63, 3.8) is 0 Å². The van der Waals surface area contributed by atoms with Gasteiger partial charge in [-0.15, -0.1) is 0 Å². The average Bonchev–Trinajstić information content (AvgIpc) is 3.18. The summed E-state index contributed by atoms with van der Waals surface area (Å²) in [6.07, 6.45) is -7.03. The van der Waals surface area contributed by atoms with Crippen molar-refractivity contribution in [2.75, 3.05) is 13.1 Å². The molecule has 1 aromatic carbocycles.